The molecule has 0 fully saturated rings. The highest BCUT2D eigenvalue weighted by atomic mass is 19.1. The van der Waals surface area contributed by atoms with Crippen molar-refractivity contribution in [1.82, 2.24) is 15.2 Å². The van der Waals surface area contributed by atoms with Gasteiger partial charge in [-0.3, -0.25) is 9.89 Å². The van der Waals surface area contributed by atoms with Gasteiger partial charge >= 0.3 is 0 Å². The Morgan fingerprint density at radius 2 is 2.27 bits per heavy atom. The van der Waals surface area contributed by atoms with Crippen LogP contribution in [0.15, 0.2) is 30.5 Å². The molecule has 5 nitrogen and oxygen atoms in total. The lowest BCUT2D eigenvalue weighted by Gasteiger charge is -2.00. The van der Waals surface area contributed by atoms with Crippen LogP contribution in [0.1, 0.15) is 10.5 Å². The van der Waals surface area contributed by atoms with Crippen molar-refractivity contribution in [2.75, 3.05) is 5.32 Å². The number of hydrogen-bond acceptors (Lipinski definition) is 3. The number of aromatic amines is 1. The van der Waals surface area contributed by atoms with Gasteiger partial charge in [0.25, 0.3) is 5.91 Å². The van der Waals surface area contributed by atoms with Gasteiger partial charge in [0.05, 0.1) is 6.20 Å². The standard InChI is InChI=1S/C9H7FN4O/c10-7-3-1-2-6(12-7)9(15)13-8-4-5-11-14-8/h1-5H,(H2,11,13,14,15). The van der Waals surface area contributed by atoms with Gasteiger partial charge in [-0.05, 0) is 12.1 Å². The van der Waals surface area contributed by atoms with E-state index in [2.05, 4.69) is 20.5 Å². The summed E-state index contributed by atoms with van der Waals surface area (Å²) in [5.41, 5.74) is 0.0181. The molecule has 2 rings (SSSR count). The van der Waals surface area contributed by atoms with Gasteiger partial charge in [0.1, 0.15) is 11.5 Å². The maximum Gasteiger partial charge on any atom is 0.275 e. The van der Waals surface area contributed by atoms with Crippen LogP contribution in [0.25, 0.3) is 0 Å². The third kappa shape index (κ3) is 2.16. The predicted octanol–water partition coefficient (Wildman–Crippen LogP) is 1.20. The van der Waals surface area contributed by atoms with Crippen LogP contribution in [0.4, 0.5) is 10.2 Å². The summed E-state index contributed by atoms with van der Waals surface area (Å²) in [6.07, 6.45) is 1.49. The second-order valence-electron chi connectivity index (χ2n) is 2.77. The van der Waals surface area contributed by atoms with Crippen molar-refractivity contribution in [1.29, 1.82) is 0 Å². The van der Waals surface area contributed by atoms with Gasteiger partial charge in [-0.25, -0.2) is 4.98 Å². The number of hydrogen-bond donors (Lipinski definition) is 2. The van der Waals surface area contributed by atoms with Crippen molar-refractivity contribution in [2.24, 2.45) is 0 Å². The zero-order valence-electron chi connectivity index (χ0n) is 7.57. The number of anilines is 1. The minimum atomic E-state index is -0.688. The van der Waals surface area contributed by atoms with E-state index in [0.29, 0.717) is 5.82 Å². The predicted molar refractivity (Wildman–Crippen MR) is 50.7 cm³/mol. The maximum atomic E-state index is 12.7. The summed E-state index contributed by atoms with van der Waals surface area (Å²) in [6.45, 7) is 0. The molecule has 2 aromatic heterocycles. The SMILES string of the molecule is O=C(Nc1ccn[nH]1)c1cccc(F)n1. The van der Waals surface area contributed by atoms with Crippen molar-refractivity contribution in [3.8, 4) is 0 Å². The second-order valence-corrected chi connectivity index (χ2v) is 2.77. The van der Waals surface area contributed by atoms with Crippen molar-refractivity contribution in [3.05, 3.63) is 42.1 Å². The monoisotopic (exact) mass is 206 g/mol. The van der Waals surface area contributed by atoms with E-state index in [1.165, 1.54) is 24.4 Å². The van der Waals surface area contributed by atoms with Gasteiger partial charge in [-0.2, -0.15) is 9.49 Å². The van der Waals surface area contributed by atoms with Gasteiger partial charge in [0, 0.05) is 6.07 Å². The van der Waals surface area contributed by atoms with Crippen LogP contribution in [-0.2, 0) is 0 Å². The topological polar surface area (TPSA) is 70.7 Å². The fourth-order valence-corrected chi connectivity index (χ4v) is 1.05. The van der Waals surface area contributed by atoms with Crippen LogP contribution >= 0.6 is 0 Å². The molecular weight excluding hydrogens is 199 g/mol. The van der Waals surface area contributed by atoms with E-state index in [1.54, 1.807) is 6.07 Å². The van der Waals surface area contributed by atoms with E-state index >= 15 is 0 Å². The molecule has 0 spiro atoms. The fourth-order valence-electron chi connectivity index (χ4n) is 1.05. The van der Waals surface area contributed by atoms with Crippen LogP contribution in [0.5, 0.6) is 0 Å². The summed E-state index contributed by atoms with van der Waals surface area (Å²) in [4.78, 5) is 14.9. The van der Waals surface area contributed by atoms with Crippen LogP contribution < -0.4 is 5.32 Å². The van der Waals surface area contributed by atoms with Gasteiger partial charge in [0.2, 0.25) is 5.95 Å². The van der Waals surface area contributed by atoms with Crippen molar-refractivity contribution in [3.63, 3.8) is 0 Å². The fraction of sp³-hybridized carbons (Fsp3) is 0. The van der Waals surface area contributed by atoms with E-state index in [1.807, 2.05) is 0 Å². The van der Waals surface area contributed by atoms with E-state index in [4.69, 9.17) is 0 Å². The molecule has 0 aliphatic carbocycles. The molecule has 76 valence electrons. The number of rotatable bonds is 2. The summed E-state index contributed by atoms with van der Waals surface area (Å²) in [7, 11) is 0. The van der Waals surface area contributed by atoms with Crippen LogP contribution in [-0.4, -0.2) is 21.1 Å². The Bertz CT molecular complexity index is 469. The summed E-state index contributed by atoms with van der Waals surface area (Å²) < 4.78 is 12.7. The Balaban J connectivity index is 2.15. The maximum absolute atomic E-state index is 12.7. The lowest BCUT2D eigenvalue weighted by atomic mass is 10.3. The zero-order valence-corrected chi connectivity index (χ0v) is 7.57. The highest BCUT2D eigenvalue weighted by Crippen LogP contribution is 2.03. The molecule has 0 saturated carbocycles. The van der Waals surface area contributed by atoms with Crippen LogP contribution in [0.2, 0.25) is 0 Å². The average Bonchev–Trinajstić information content (AvgIpc) is 2.70. The molecule has 0 atom stereocenters. The van der Waals surface area contributed by atoms with Gasteiger partial charge < -0.3 is 5.32 Å². The van der Waals surface area contributed by atoms with Crippen molar-refractivity contribution in [2.45, 2.75) is 0 Å². The van der Waals surface area contributed by atoms with E-state index < -0.39 is 11.9 Å². The van der Waals surface area contributed by atoms with Gasteiger partial charge in [0.15, 0.2) is 0 Å². The zero-order chi connectivity index (χ0) is 10.7. The first-order valence-corrected chi connectivity index (χ1v) is 4.19. The first-order chi connectivity index (χ1) is 7.25. The molecule has 0 unspecified atom stereocenters. The largest absolute Gasteiger partial charge is 0.306 e. The first-order valence-electron chi connectivity index (χ1n) is 4.19. The van der Waals surface area contributed by atoms with Gasteiger partial charge in [-0.1, -0.05) is 6.07 Å². The third-order valence-electron chi connectivity index (χ3n) is 1.70. The van der Waals surface area contributed by atoms with E-state index in [-0.39, 0.29) is 5.69 Å². The van der Waals surface area contributed by atoms with Gasteiger partial charge in [-0.15, -0.1) is 0 Å². The minimum Gasteiger partial charge on any atom is -0.306 e. The Hall–Kier alpha value is -2.24. The third-order valence-corrected chi connectivity index (χ3v) is 1.70. The molecular formula is C9H7FN4O. The molecule has 15 heavy (non-hydrogen) atoms. The number of aromatic nitrogens is 3. The number of amides is 1. The minimum absolute atomic E-state index is 0.0181. The lowest BCUT2D eigenvalue weighted by Crippen LogP contribution is -2.14. The second kappa shape index (κ2) is 3.87. The Kier molecular flexibility index (Phi) is 2.40. The molecule has 2 N–H and O–H groups in total. The van der Waals surface area contributed by atoms with Crippen LogP contribution in [0.3, 0.4) is 0 Å². The first kappa shape index (κ1) is 9.32. The summed E-state index contributed by atoms with van der Waals surface area (Å²) in [5, 5.41) is 8.68. The van der Waals surface area contributed by atoms with E-state index in [0.717, 1.165) is 0 Å². The summed E-state index contributed by atoms with van der Waals surface area (Å²) >= 11 is 0. The smallest absolute Gasteiger partial charge is 0.275 e. The quantitative estimate of drug-likeness (QED) is 0.725. The molecule has 0 bridgehead atoms. The summed E-state index contributed by atoms with van der Waals surface area (Å²) in [5.74, 6) is -0.739. The molecule has 1 amide bonds. The molecule has 2 heterocycles. The number of halogens is 1. The molecule has 0 aliphatic heterocycles. The molecule has 0 aromatic carbocycles. The molecule has 0 radical (unpaired) electrons. The Morgan fingerprint density at radius 3 is 2.93 bits per heavy atom. The van der Waals surface area contributed by atoms with Crippen molar-refractivity contribution < 1.29 is 9.18 Å². The number of carbonyl (C=O) groups excluding carboxylic acids is 1. The van der Waals surface area contributed by atoms with Crippen LogP contribution in [0, 0.1) is 5.95 Å². The number of carbonyl (C=O) groups is 1. The molecule has 0 saturated heterocycles. The molecule has 6 heteroatoms. The normalized spacial score (nSPS) is 9.93. The number of nitrogens with one attached hydrogen (secondary N) is 2. The summed E-state index contributed by atoms with van der Waals surface area (Å²) in [6, 6.07) is 5.60. The number of H-pyrrole nitrogens is 1. The van der Waals surface area contributed by atoms with E-state index in [9.17, 15) is 9.18 Å². The Morgan fingerprint density at radius 1 is 1.40 bits per heavy atom. The molecule has 0 aliphatic rings. The highest BCUT2D eigenvalue weighted by molar-refractivity contribution is 6.02. The molecule has 2 aromatic rings. The highest BCUT2D eigenvalue weighted by Gasteiger charge is 2.08. The number of nitrogens with zero attached hydrogens (tertiary/aromatic N) is 2. The Labute approximate surface area is 84.3 Å². The average molecular weight is 206 g/mol. The lowest BCUT2D eigenvalue weighted by molar-refractivity contribution is 0.102. The van der Waals surface area contributed by atoms with Crippen molar-refractivity contribution >= 4 is 11.7 Å². The number of pyridine rings is 1.